The van der Waals surface area contributed by atoms with E-state index in [1.54, 1.807) is 0 Å². The van der Waals surface area contributed by atoms with Gasteiger partial charge < -0.3 is 10.6 Å². The Morgan fingerprint density at radius 2 is 2.07 bits per heavy atom. The molecule has 0 fully saturated rings. The summed E-state index contributed by atoms with van der Waals surface area (Å²) in [5, 5.41) is 0. The van der Waals surface area contributed by atoms with Gasteiger partial charge in [-0.15, -0.1) is 0 Å². The van der Waals surface area contributed by atoms with E-state index in [0.29, 0.717) is 13.0 Å². The van der Waals surface area contributed by atoms with Gasteiger partial charge in [0.1, 0.15) is 0 Å². The minimum absolute atomic E-state index is 0.249. The van der Waals surface area contributed by atoms with Crippen molar-refractivity contribution in [3.8, 4) is 0 Å². The summed E-state index contributed by atoms with van der Waals surface area (Å²) >= 11 is 0. The van der Waals surface area contributed by atoms with Crippen molar-refractivity contribution in [1.29, 1.82) is 0 Å². The number of hydrogen-bond acceptors (Lipinski definition) is 2. The van der Waals surface area contributed by atoms with Gasteiger partial charge >= 0.3 is 0 Å². The zero-order valence-electron chi connectivity index (χ0n) is 9.75. The molecule has 14 heavy (non-hydrogen) atoms. The predicted octanol–water partition coefficient (Wildman–Crippen LogP) is 1.76. The molecule has 84 valence electrons. The summed E-state index contributed by atoms with van der Waals surface area (Å²) in [6, 6.07) is 0.272. The van der Waals surface area contributed by atoms with Crippen LogP contribution in [0, 0.1) is 0 Å². The maximum Gasteiger partial charge on any atom is 0.222 e. The minimum Gasteiger partial charge on any atom is -0.343 e. The molecule has 0 aliphatic carbocycles. The van der Waals surface area contributed by atoms with Gasteiger partial charge in [0.25, 0.3) is 0 Å². The molecule has 0 aromatic rings. The van der Waals surface area contributed by atoms with Crippen LogP contribution in [-0.2, 0) is 4.79 Å². The minimum atomic E-state index is 0.249. The van der Waals surface area contributed by atoms with Crippen LogP contribution in [0.3, 0.4) is 0 Å². The lowest BCUT2D eigenvalue weighted by Gasteiger charge is -2.24. The van der Waals surface area contributed by atoms with Crippen molar-refractivity contribution < 1.29 is 4.79 Å². The first-order valence-electron chi connectivity index (χ1n) is 5.59. The van der Waals surface area contributed by atoms with Gasteiger partial charge in [-0.25, -0.2) is 0 Å². The molecule has 3 heteroatoms. The van der Waals surface area contributed by atoms with Gasteiger partial charge in [0, 0.05) is 19.5 Å². The third-order valence-corrected chi connectivity index (χ3v) is 2.63. The molecule has 0 saturated carbocycles. The lowest BCUT2D eigenvalue weighted by Crippen LogP contribution is -2.36. The number of unbranched alkanes of at least 4 members (excludes halogenated alkanes) is 2. The van der Waals surface area contributed by atoms with Crippen LogP contribution in [0.5, 0.6) is 0 Å². The zero-order chi connectivity index (χ0) is 11.0. The summed E-state index contributed by atoms with van der Waals surface area (Å²) in [4.78, 5) is 13.4. The van der Waals surface area contributed by atoms with E-state index < -0.39 is 0 Å². The molecule has 2 N–H and O–H groups in total. The average Bonchev–Trinajstić information content (AvgIpc) is 2.17. The van der Waals surface area contributed by atoms with Crippen LogP contribution >= 0.6 is 0 Å². The molecule has 0 spiro atoms. The Kier molecular flexibility index (Phi) is 7.48. The number of carbonyl (C=O) groups excluding carboxylic acids is 1. The van der Waals surface area contributed by atoms with Crippen LogP contribution in [0.2, 0.25) is 0 Å². The highest BCUT2D eigenvalue weighted by Crippen LogP contribution is 2.06. The molecule has 0 aliphatic heterocycles. The smallest absolute Gasteiger partial charge is 0.222 e. The molecule has 0 radical (unpaired) electrons. The summed E-state index contributed by atoms with van der Waals surface area (Å²) in [6.07, 6.45) is 4.88. The lowest BCUT2D eigenvalue weighted by atomic mass is 10.1. The normalized spacial score (nSPS) is 12.6. The molecular weight excluding hydrogens is 176 g/mol. The van der Waals surface area contributed by atoms with E-state index in [1.165, 1.54) is 0 Å². The molecule has 1 unspecified atom stereocenters. The summed E-state index contributed by atoms with van der Waals surface area (Å²) in [7, 11) is 1.87. The van der Waals surface area contributed by atoms with Crippen LogP contribution in [0.25, 0.3) is 0 Å². The van der Waals surface area contributed by atoms with Crippen LogP contribution in [-0.4, -0.2) is 30.4 Å². The molecule has 1 atom stereocenters. The summed E-state index contributed by atoms with van der Waals surface area (Å²) in [6.45, 7) is 4.84. The van der Waals surface area contributed by atoms with Crippen LogP contribution in [0.1, 0.15) is 46.0 Å². The fourth-order valence-electron chi connectivity index (χ4n) is 1.38. The number of carbonyl (C=O) groups is 1. The van der Waals surface area contributed by atoms with Crippen molar-refractivity contribution in [1.82, 2.24) is 4.90 Å². The highest BCUT2D eigenvalue weighted by atomic mass is 16.2. The van der Waals surface area contributed by atoms with Crippen molar-refractivity contribution in [2.75, 3.05) is 13.6 Å². The van der Waals surface area contributed by atoms with Gasteiger partial charge in [-0.3, -0.25) is 4.79 Å². The number of nitrogens with two attached hydrogens (primary N) is 1. The van der Waals surface area contributed by atoms with E-state index >= 15 is 0 Å². The van der Waals surface area contributed by atoms with Gasteiger partial charge in [-0.1, -0.05) is 19.8 Å². The predicted molar refractivity (Wildman–Crippen MR) is 60.0 cm³/mol. The molecule has 0 rings (SSSR count). The molecule has 0 aliphatic rings. The first-order valence-corrected chi connectivity index (χ1v) is 5.59. The largest absolute Gasteiger partial charge is 0.343 e. The number of hydrogen-bond donors (Lipinski definition) is 1. The second-order valence-electron chi connectivity index (χ2n) is 3.89. The highest BCUT2D eigenvalue weighted by Gasteiger charge is 2.13. The summed E-state index contributed by atoms with van der Waals surface area (Å²) < 4.78 is 0. The standard InChI is InChI=1S/C11H24N2O/c1-4-5-6-7-11(14)13(3)10(2)8-9-12/h10H,4-9,12H2,1-3H3. The Labute approximate surface area is 87.6 Å². The molecule has 3 nitrogen and oxygen atoms in total. The molecule has 0 aromatic carbocycles. The highest BCUT2D eigenvalue weighted by molar-refractivity contribution is 5.76. The van der Waals surface area contributed by atoms with Crippen molar-refractivity contribution >= 4 is 5.91 Å². The Balaban J connectivity index is 3.74. The van der Waals surface area contributed by atoms with E-state index in [9.17, 15) is 4.79 Å². The van der Waals surface area contributed by atoms with Crippen molar-refractivity contribution in [3.05, 3.63) is 0 Å². The van der Waals surface area contributed by atoms with E-state index in [-0.39, 0.29) is 11.9 Å². The average molecular weight is 200 g/mol. The van der Waals surface area contributed by atoms with Crippen LogP contribution < -0.4 is 5.73 Å². The first-order chi connectivity index (χ1) is 6.63. The summed E-state index contributed by atoms with van der Waals surface area (Å²) in [5.41, 5.74) is 5.45. The van der Waals surface area contributed by atoms with Gasteiger partial charge in [-0.2, -0.15) is 0 Å². The number of nitrogens with zero attached hydrogens (tertiary/aromatic N) is 1. The van der Waals surface area contributed by atoms with Crippen molar-refractivity contribution in [2.45, 2.75) is 52.0 Å². The fourth-order valence-corrected chi connectivity index (χ4v) is 1.38. The Morgan fingerprint density at radius 1 is 1.43 bits per heavy atom. The van der Waals surface area contributed by atoms with E-state index in [1.807, 2.05) is 18.9 Å². The van der Waals surface area contributed by atoms with Crippen LogP contribution in [0.4, 0.5) is 0 Å². The van der Waals surface area contributed by atoms with Gasteiger partial charge in [0.2, 0.25) is 5.91 Å². The van der Waals surface area contributed by atoms with Gasteiger partial charge in [0.15, 0.2) is 0 Å². The third-order valence-electron chi connectivity index (χ3n) is 2.63. The third kappa shape index (κ3) is 5.22. The maximum absolute atomic E-state index is 11.6. The zero-order valence-corrected chi connectivity index (χ0v) is 9.75. The molecule has 0 aromatic heterocycles. The molecule has 0 bridgehead atoms. The SMILES string of the molecule is CCCCCC(=O)N(C)C(C)CCN. The second-order valence-corrected chi connectivity index (χ2v) is 3.89. The Morgan fingerprint density at radius 3 is 2.57 bits per heavy atom. The maximum atomic E-state index is 11.6. The van der Waals surface area contributed by atoms with E-state index in [2.05, 4.69) is 6.92 Å². The number of amides is 1. The molecule has 1 amide bonds. The topological polar surface area (TPSA) is 46.3 Å². The quantitative estimate of drug-likeness (QED) is 0.637. The van der Waals surface area contributed by atoms with Gasteiger partial charge in [-0.05, 0) is 26.3 Å². The first kappa shape index (κ1) is 13.4. The van der Waals surface area contributed by atoms with Gasteiger partial charge in [0.05, 0.1) is 0 Å². The van der Waals surface area contributed by atoms with E-state index in [4.69, 9.17) is 5.73 Å². The summed E-state index contributed by atoms with van der Waals surface area (Å²) in [5.74, 6) is 0.249. The lowest BCUT2D eigenvalue weighted by molar-refractivity contribution is -0.131. The molecule has 0 heterocycles. The molecular formula is C11H24N2O. The number of rotatable bonds is 7. The Bertz CT molecular complexity index is 159. The molecule has 0 saturated heterocycles. The Hall–Kier alpha value is -0.570. The monoisotopic (exact) mass is 200 g/mol. The second kappa shape index (κ2) is 7.80. The fraction of sp³-hybridized carbons (Fsp3) is 0.909. The van der Waals surface area contributed by atoms with Crippen molar-refractivity contribution in [3.63, 3.8) is 0 Å². The van der Waals surface area contributed by atoms with Crippen molar-refractivity contribution in [2.24, 2.45) is 5.73 Å². The van der Waals surface area contributed by atoms with Crippen LogP contribution in [0.15, 0.2) is 0 Å². The van der Waals surface area contributed by atoms with E-state index in [0.717, 1.165) is 25.7 Å².